The number of fused-ring (bicyclic) bond motifs is 1. The number of nitrogens with zero attached hydrogens (tertiary/aromatic N) is 2. The van der Waals surface area contributed by atoms with Crippen LogP contribution in [0.5, 0.6) is 0 Å². The summed E-state index contributed by atoms with van der Waals surface area (Å²) < 4.78 is 51.3. The molecule has 4 aromatic rings. The first kappa shape index (κ1) is 19.4. The molecule has 1 aliphatic rings. The summed E-state index contributed by atoms with van der Waals surface area (Å²) in [5.74, 6) is 0.372. The van der Waals surface area contributed by atoms with Gasteiger partial charge in [0.1, 0.15) is 11.6 Å². The highest BCUT2D eigenvalue weighted by molar-refractivity contribution is 5.92. The molecule has 1 saturated heterocycles. The van der Waals surface area contributed by atoms with Crippen molar-refractivity contribution in [1.82, 2.24) is 9.88 Å². The number of hydrogen-bond donors (Lipinski definition) is 0. The van der Waals surface area contributed by atoms with Crippen molar-refractivity contribution in [3.8, 4) is 11.1 Å². The van der Waals surface area contributed by atoms with Crippen LogP contribution in [0.3, 0.4) is 0 Å². The number of likely N-dealkylation sites (tertiary alicyclic amines) is 1. The summed E-state index contributed by atoms with van der Waals surface area (Å²) in [6.07, 6.45) is -1.54. The molecule has 2 aromatic carbocycles. The lowest BCUT2D eigenvalue weighted by Gasteiger charge is -2.20. The Morgan fingerprint density at radius 3 is 2.71 bits per heavy atom. The molecule has 0 N–H and O–H groups in total. The van der Waals surface area contributed by atoms with E-state index in [0.717, 1.165) is 12.5 Å². The van der Waals surface area contributed by atoms with Gasteiger partial charge in [0, 0.05) is 6.54 Å². The van der Waals surface area contributed by atoms with Crippen molar-refractivity contribution in [1.29, 1.82) is 0 Å². The third-order valence-electron chi connectivity index (χ3n) is 5.48. The maximum absolute atomic E-state index is 13.4. The molecule has 31 heavy (non-hydrogen) atoms. The second-order valence-corrected chi connectivity index (χ2v) is 7.41. The Morgan fingerprint density at radius 1 is 1.10 bits per heavy atom. The fraction of sp³-hybridized carbons (Fsp3) is 0.217. The minimum absolute atomic E-state index is 0.0805. The fourth-order valence-electron chi connectivity index (χ4n) is 4.05. The average molecular weight is 426 g/mol. The molecule has 0 radical (unpaired) electrons. The van der Waals surface area contributed by atoms with Crippen LogP contribution in [0.2, 0.25) is 0 Å². The summed E-state index contributed by atoms with van der Waals surface area (Å²) in [5, 5.41) is 0. The second-order valence-electron chi connectivity index (χ2n) is 7.41. The summed E-state index contributed by atoms with van der Waals surface area (Å²) in [4.78, 5) is 18.9. The Balaban J connectivity index is 1.50. The van der Waals surface area contributed by atoms with E-state index < -0.39 is 11.7 Å². The summed E-state index contributed by atoms with van der Waals surface area (Å²) >= 11 is 0. The second kappa shape index (κ2) is 7.30. The smallest absolute Gasteiger partial charge is 0.417 e. The molecule has 2 aromatic heterocycles. The molecule has 1 amide bonds. The van der Waals surface area contributed by atoms with Crippen LogP contribution in [0.4, 0.5) is 13.2 Å². The van der Waals surface area contributed by atoms with Crippen LogP contribution in [0.1, 0.15) is 40.9 Å². The van der Waals surface area contributed by atoms with Crippen LogP contribution in [-0.2, 0) is 6.18 Å². The van der Waals surface area contributed by atoms with E-state index in [0.29, 0.717) is 35.5 Å². The summed E-state index contributed by atoms with van der Waals surface area (Å²) in [7, 11) is 0. The first-order chi connectivity index (χ1) is 14.9. The molecular formula is C23H17F3N2O3. The van der Waals surface area contributed by atoms with Crippen LogP contribution in [0.25, 0.3) is 22.2 Å². The van der Waals surface area contributed by atoms with Gasteiger partial charge in [-0.3, -0.25) is 4.79 Å². The van der Waals surface area contributed by atoms with Crippen LogP contribution >= 0.6 is 0 Å². The largest absolute Gasteiger partial charge is 0.459 e. The minimum atomic E-state index is -4.46. The van der Waals surface area contributed by atoms with E-state index in [1.165, 1.54) is 18.4 Å². The maximum atomic E-state index is 13.4. The van der Waals surface area contributed by atoms with Crippen molar-refractivity contribution in [3.63, 3.8) is 0 Å². The normalized spacial score (nSPS) is 16.9. The molecule has 0 unspecified atom stereocenters. The lowest BCUT2D eigenvalue weighted by molar-refractivity contribution is -0.137. The van der Waals surface area contributed by atoms with Crippen LogP contribution in [-0.4, -0.2) is 22.3 Å². The number of halogens is 3. The first-order valence-electron chi connectivity index (χ1n) is 9.83. The van der Waals surface area contributed by atoms with Gasteiger partial charge in [0.15, 0.2) is 11.3 Å². The van der Waals surface area contributed by atoms with E-state index >= 15 is 0 Å². The molecule has 5 rings (SSSR count). The SMILES string of the molecule is O=C(c1ccco1)N1CCC[C@H]1c1nc2cc(-c3ccccc3C(F)(F)F)ccc2o1. The molecule has 8 heteroatoms. The van der Waals surface area contributed by atoms with E-state index in [9.17, 15) is 18.0 Å². The molecule has 0 saturated carbocycles. The fourth-order valence-corrected chi connectivity index (χ4v) is 4.05. The summed E-state index contributed by atoms with van der Waals surface area (Å²) in [6.45, 7) is 0.549. The van der Waals surface area contributed by atoms with Gasteiger partial charge in [0.05, 0.1) is 11.8 Å². The zero-order valence-electron chi connectivity index (χ0n) is 16.2. The number of benzene rings is 2. The molecule has 0 bridgehead atoms. The Morgan fingerprint density at radius 2 is 1.94 bits per heavy atom. The van der Waals surface area contributed by atoms with E-state index in [1.54, 1.807) is 41.3 Å². The van der Waals surface area contributed by atoms with Crippen molar-refractivity contribution in [3.05, 3.63) is 78.1 Å². The number of furan rings is 1. The van der Waals surface area contributed by atoms with Gasteiger partial charge in [0.2, 0.25) is 5.89 Å². The number of oxazole rings is 1. The zero-order valence-corrected chi connectivity index (χ0v) is 16.2. The summed E-state index contributed by atoms with van der Waals surface area (Å²) in [5.41, 5.74) is 0.679. The van der Waals surface area contributed by atoms with Crippen molar-refractivity contribution in [2.75, 3.05) is 6.54 Å². The van der Waals surface area contributed by atoms with Gasteiger partial charge in [-0.2, -0.15) is 13.2 Å². The van der Waals surface area contributed by atoms with E-state index in [4.69, 9.17) is 8.83 Å². The molecule has 158 valence electrons. The summed E-state index contributed by atoms with van der Waals surface area (Å²) in [6, 6.07) is 13.1. The number of alkyl halides is 3. The number of carbonyl (C=O) groups is 1. The Kier molecular flexibility index (Phi) is 4.57. The predicted octanol–water partition coefficient (Wildman–Crippen LogP) is 6.08. The van der Waals surface area contributed by atoms with Gasteiger partial charge in [-0.25, -0.2) is 4.98 Å². The van der Waals surface area contributed by atoms with Crippen LogP contribution < -0.4 is 0 Å². The van der Waals surface area contributed by atoms with Gasteiger partial charge in [-0.1, -0.05) is 24.3 Å². The molecule has 0 spiro atoms. The highest BCUT2D eigenvalue weighted by Crippen LogP contribution is 2.39. The van der Waals surface area contributed by atoms with Gasteiger partial charge in [-0.05, 0) is 54.3 Å². The molecule has 5 nitrogen and oxygen atoms in total. The molecule has 1 atom stereocenters. The van der Waals surface area contributed by atoms with Crippen molar-refractivity contribution in [2.45, 2.75) is 25.1 Å². The first-order valence-corrected chi connectivity index (χ1v) is 9.83. The number of rotatable bonds is 3. The van der Waals surface area contributed by atoms with Crippen LogP contribution in [0.15, 0.2) is 69.7 Å². The van der Waals surface area contributed by atoms with Crippen molar-refractivity contribution < 1.29 is 26.8 Å². The van der Waals surface area contributed by atoms with Crippen molar-refractivity contribution >= 4 is 17.0 Å². The van der Waals surface area contributed by atoms with Gasteiger partial charge in [-0.15, -0.1) is 0 Å². The van der Waals surface area contributed by atoms with Crippen LogP contribution in [0, 0.1) is 0 Å². The van der Waals surface area contributed by atoms with E-state index in [1.807, 2.05) is 0 Å². The monoisotopic (exact) mass is 426 g/mol. The zero-order chi connectivity index (χ0) is 21.6. The quantitative estimate of drug-likeness (QED) is 0.398. The van der Waals surface area contributed by atoms with E-state index in [-0.39, 0.29) is 23.3 Å². The molecule has 1 aliphatic heterocycles. The Labute approximate surface area is 175 Å². The third-order valence-corrected chi connectivity index (χ3v) is 5.48. The third kappa shape index (κ3) is 3.48. The van der Waals surface area contributed by atoms with Gasteiger partial charge >= 0.3 is 6.18 Å². The predicted molar refractivity (Wildman–Crippen MR) is 106 cm³/mol. The molecule has 3 heterocycles. The van der Waals surface area contributed by atoms with Crippen molar-refractivity contribution in [2.24, 2.45) is 0 Å². The molecular weight excluding hydrogens is 409 g/mol. The number of hydrogen-bond acceptors (Lipinski definition) is 4. The standard InChI is InChI=1S/C23H17F3N2O3/c24-23(25,26)16-6-2-1-5-15(16)14-9-10-19-17(13-14)27-21(31-19)18-7-3-11-28(18)22(29)20-8-4-12-30-20/h1-2,4-6,8-10,12-13,18H,3,7,11H2/t18-/m0/s1. The lowest BCUT2D eigenvalue weighted by atomic mass is 9.99. The Hall–Kier alpha value is -3.55. The highest BCUT2D eigenvalue weighted by atomic mass is 19.4. The number of carbonyl (C=O) groups excluding carboxylic acids is 1. The Bertz CT molecular complexity index is 1240. The lowest BCUT2D eigenvalue weighted by Crippen LogP contribution is -2.30. The topological polar surface area (TPSA) is 59.5 Å². The number of aromatic nitrogens is 1. The number of amides is 1. The molecule has 1 fully saturated rings. The van der Waals surface area contributed by atoms with Gasteiger partial charge in [0.25, 0.3) is 5.91 Å². The van der Waals surface area contributed by atoms with Gasteiger partial charge < -0.3 is 13.7 Å². The maximum Gasteiger partial charge on any atom is 0.417 e. The average Bonchev–Trinajstić information content (AvgIpc) is 3.52. The minimum Gasteiger partial charge on any atom is -0.459 e. The van der Waals surface area contributed by atoms with E-state index in [2.05, 4.69) is 4.98 Å². The molecule has 0 aliphatic carbocycles. The highest BCUT2D eigenvalue weighted by Gasteiger charge is 2.36.